The molecule has 1 aliphatic heterocycles. The molecule has 2 heterocycles. The average Bonchev–Trinajstić information content (AvgIpc) is 3.21. The first kappa shape index (κ1) is 18.2. The molecule has 2 aromatic rings. The van der Waals surface area contributed by atoms with E-state index in [9.17, 15) is 14.4 Å². The Morgan fingerprint density at radius 3 is 2.59 bits per heavy atom. The van der Waals surface area contributed by atoms with Crippen molar-refractivity contribution in [1.29, 1.82) is 0 Å². The minimum atomic E-state index is -0.341. The summed E-state index contributed by atoms with van der Waals surface area (Å²) in [6.45, 7) is 0.459. The normalized spacial score (nSPS) is 17.3. The van der Waals surface area contributed by atoms with Gasteiger partial charge in [-0.05, 0) is 43.0 Å². The van der Waals surface area contributed by atoms with Crippen LogP contribution in [0.4, 0.5) is 5.69 Å². The second-order valence-electron chi connectivity index (χ2n) is 7.01. The summed E-state index contributed by atoms with van der Waals surface area (Å²) in [7, 11) is 0. The van der Waals surface area contributed by atoms with Crippen molar-refractivity contribution in [3.8, 4) is 0 Å². The molecule has 1 saturated carbocycles. The maximum absolute atomic E-state index is 13.0. The van der Waals surface area contributed by atoms with Crippen LogP contribution in [-0.2, 0) is 0 Å². The predicted molar refractivity (Wildman–Crippen MR) is 106 cm³/mol. The van der Waals surface area contributed by atoms with Gasteiger partial charge in [0.15, 0.2) is 0 Å². The lowest BCUT2D eigenvalue weighted by molar-refractivity contribution is 0.0617. The average molecular weight is 403 g/mol. The van der Waals surface area contributed by atoms with Gasteiger partial charge in [0.05, 0.1) is 26.0 Å². The minimum absolute atomic E-state index is 0.268. The molecule has 1 fully saturated rings. The Labute approximate surface area is 166 Å². The van der Waals surface area contributed by atoms with Gasteiger partial charge in [0.1, 0.15) is 0 Å². The zero-order valence-electron chi connectivity index (χ0n) is 14.7. The van der Waals surface area contributed by atoms with Crippen molar-refractivity contribution < 1.29 is 14.4 Å². The molecular weight excluding hydrogens is 384 g/mol. The first-order valence-electron chi connectivity index (χ1n) is 9.10. The summed E-state index contributed by atoms with van der Waals surface area (Å²) < 4.78 is 0.517. The van der Waals surface area contributed by atoms with E-state index in [4.69, 9.17) is 11.6 Å². The van der Waals surface area contributed by atoms with Crippen LogP contribution < -0.4 is 5.32 Å². The number of hydrogen-bond donors (Lipinski definition) is 1. The Hall–Kier alpha value is -2.18. The number of benzene rings is 1. The predicted octanol–water partition coefficient (Wildman–Crippen LogP) is 4.83. The molecule has 0 radical (unpaired) electrons. The molecule has 0 saturated heterocycles. The maximum Gasteiger partial charge on any atom is 0.265 e. The molecule has 140 valence electrons. The largest absolute Gasteiger partial charge is 0.321 e. The van der Waals surface area contributed by atoms with E-state index in [0.29, 0.717) is 32.9 Å². The molecule has 0 atom stereocenters. The number of rotatable bonds is 4. The topological polar surface area (TPSA) is 66.5 Å². The Kier molecular flexibility index (Phi) is 5.02. The van der Waals surface area contributed by atoms with Gasteiger partial charge in [-0.25, -0.2) is 0 Å². The highest BCUT2D eigenvalue weighted by Gasteiger charge is 2.38. The van der Waals surface area contributed by atoms with Crippen molar-refractivity contribution in [2.24, 2.45) is 5.92 Å². The molecule has 3 amide bonds. The number of nitrogens with one attached hydrogen (secondary N) is 1. The lowest BCUT2D eigenvalue weighted by atomic mass is 9.89. The number of nitrogens with zero attached hydrogens (tertiary/aromatic N) is 1. The van der Waals surface area contributed by atoms with E-state index in [2.05, 4.69) is 5.32 Å². The summed E-state index contributed by atoms with van der Waals surface area (Å²) in [4.78, 5) is 40.0. The van der Waals surface area contributed by atoms with Gasteiger partial charge in [0, 0.05) is 6.54 Å². The fraction of sp³-hybridized carbons (Fsp3) is 0.350. The Morgan fingerprint density at radius 1 is 1.11 bits per heavy atom. The van der Waals surface area contributed by atoms with Crippen LogP contribution in [0.1, 0.15) is 62.5 Å². The summed E-state index contributed by atoms with van der Waals surface area (Å²) in [5, 5.41) is 2.76. The first-order chi connectivity index (χ1) is 13.0. The van der Waals surface area contributed by atoms with E-state index < -0.39 is 0 Å². The van der Waals surface area contributed by atoms with Crippen molar-refractivity contribution in [1.82, 2.24) is 4.90 Å². The summed E-state index contributed by atoms with van der Waals surface area (Å²) in [5.74, 6) is -0.560. The molecule has 7 heteroatoms. The zero-order valence-corrected chi connectivity index (χ0v) is 16.2. The van der Waals surface area contributed by atoms with Crippen molar-refractivity contribution in [3.05, 3.63) is 50.7 Å². The molecule has 0 bridgehead atoms. The summed E-state index contributed by atoms with van der Waals surface area (Å²) in [5.41, 5.74) is 1.01. The van der Waals surface area contributed by atoms with Crippen molar-refractivity contribution >= 4 is 46.3 Å². The number of halogens is 1. The number of hydrogen-bond acceptors (Lipinski definition) is 4. The summed E-state index contributed by atoms with van der Waals surface area (Å²) in [6, 6.07) is 8.27. The number of fused-ring (bicyclic) bond motifs is 1. The smallest absolute Gasteiger partial charge is 0.265 e. The van der Waals surface area contributed by atoms with Crippen molar-refractivity contribution in [2.75, 3.05) is 11.9 Å². The second-order valence-corrected chi connectivity index (χ2v) is 8.73. The van der Waals surface area contributed by atoms with Crippen LogP contribution in [0.3, 0.4) is 0 Å². The van der Waals surface area contributed by atoms with Gasteiger partial charge in [-0.3, -0.25) is 19.3 Å². The molecular formula is C20H19ClN2O3S. The van der Waals surface area contributed by atoms with Crippen molar-refractivity contribution in [3.63, 3.8) is 0 Å². The molecule has 0 spiro atoms. The number of thiophene rings is 1. The Bertz CT molecular complexity index is 918. The number of imide groups is 1. The molecule has 5 nitrogen and oxygen atoms in total. The van der Waals surface area contributed by atoms with Gasteiger partial charge in [-0.2, -0.15) is 0 Å². The number of carbonyl (C=O) groups is 3. The van der Waals surface area contributed by atoms with Gasteiger partial charge in [-0.15, -0.1) is 11.3 Å². The molecule has 2 aliphatic rings. The van der Waals surface area contributed by atoms with E-state index in [1.807, 2.05) is 0 Å². The monoisotopic (exact) mass is 402 g/mol. The van der Waals surface area contributed by atoms with Crippen LogP contribution in [0.25, 0.3) is 0 Å². The number of amides is 3. The third-order valence-electron chi connectivity index (χ3n) is 5.21. The van der Waals surface area contributed by atoms with Gasteiger partial charge in [0.25, 0.3) is 17.7 Å². The van der Waals surface area contributed by atoms with Gasteiger partial charge < -0.3 is 5.32 Å². The lowest BCUT2D eigenvalue weighted by Crippen LogP contribution is -2.35. The van der Waals surface area contributed by atoms with E-state index in [0.717, 1.165) is 37.0 Å². The Balaban J connectivity index is 1.57. The van der Waals surface area contributed by atoms with Crippen molar-refractivity contribution in [2.45, 2.75) is 32.1 Å². The van der Waals surface area contributed by atoms with Crippen LogP contribution in [0.15, 0.2) is 30.3 Å². The molecule has 1 N–H and O–H groups in total. The van der Waals surface area contributed by atoms with E-state index in [1.54, 1.807) is 30.3 Å². The summed E-state index contributed by atoms with van der Waals surface area (Å²) in [6.07, 6.45) is 5.63. The van der Waals surface area contributed by atoms with Crippen LogP contribution in [0.5, 0.6) is 0 Å². The molecule has 4 rings (SSSR count). The highest BCUT2D eigenvalue weighted by molar-refractivity contribution is 7.18. The fourth-order valence-corrected chi connectivity index (χ4v) is 4.79. The minimum Gasteiger partial charge on any atom is -0.321 e. The van der Waals surface area contributed by atoms with Gasteiger partial charge in [-0.1, -0.05) is 36.9 Å². The second kappa shape index (κ2) is 7.44. The third-order valence-corrected chi connectivity index (χ3v) is 6.44. The van der Waals surface area contributed by atoms with E-state index >= 15 is 0 Å². The molecule has 27 heavy (non-hydrogen) atoms. The molecule has 1 aromatic carbocycles. The maximum atomic E-state index is 13.0. The highest BCUT2D eigenvalue weighted by atomic mass is 35.5. The number of anilines is 1. The quantitative estimate of drug-likeness (QED) is 0.745. The van der Waals surface area contributed by atoms with E-state index in [1.165, 1.54) is 11.3 Å². The SMILES string of the molecule is O=C(Nc1cccc2c1C(=O)N(CC1CCCCC1)C2=O)c1ccc(Cl)s1. The van der Waals surface area contributed by atoms with Crippen LogP contribution in [0, 0.1) is 5.92 Å². The van der Waals surface area contributed by atoms with Gasteiger partial charge in [0.2, 0.25) is 0 Å². The van der Waals surface area contributed by atoms with Crippen LogP contribution in [0.2, 0.25) is 4.34 Å². The summed E-state index contributed by atoms with van der Waals surface area (Å²) >= 11 is 7.05. The molecule has 1 aromatic heterocycles. The van der Waals surface area contributed by atoms with E-state index in [-0.39, 0.29) is 23.3 Å². The fourth-order valence-electron chi connectivity index (χ4n) is 3.85. The number of carbonyl (C=O) groups excluding carboxylic acids is 3. The first-order valence-corrected chi connectivity index (χ1v) is 10.3. The van der Waals surface area contributed by atoms with Crippen LogP contribution >= 0.6 is 22.9 Å². The third kappa shape index (κ3) is 3.51. The van der Waals surface area contributed by atoms with Gasteiger partial charge >= 0.3 is 0 Å². The molecule has 0 unspecified atom stereocenters. The zero-order chi connectivity index (χ0) is 19.0. The molecule has 1 aliphatic carbocycles. The lowest BCUT2D eigenvalue weighted by Gasteiger charge is -2.25. The highest BCUT2D eigenvalue weighted by Crippen LogP contribution is 2.33. The van der Waals surface area contributed by atoms with Crippen LogP contribution in [-0.4, -0.2) is 29.2 Å². The Morgan fingerprint density at radius 2 is 1.89 bits per heavy atom. The standard InChI is InChI=1S/C20H19ClN2O3S/c21-16-10-9-15(27-16)18(24)22-14-8-4-7-13-17(14)20(26)23(19(13)25)11-12-5-2-1-3-6-12/h4,7-10,12H,1-3,5-6,11H2,(H,22,24).